The van der Waals surface area contributed by atoms with E-state index in [4.69, 9.17) is 11.6 Å². The van der Waals surface area contributed by atoms with Gasteiger partial charge in [0.15, 0.2) is 0 Å². The number of halogens is 1. The summed E-state index contributed by atoms with van der Waals surface area (Å²) in [6.45, 7) is 1.89. The van der Waals surface area contributed by atoms with Crippen molar-refractivity contribution in [1.29, 1.82) is 0 Å². The van der Waals surface area contributed by atoms with Crippen LogP contribution in [0.4, 0.5) is 0 Å². The van der Waals surface area contributed by atoms with Crippen LogP contribution in [0.3, 0.4) is 0 Å². The molecule has 0 aromatic heterocycles. The quantitative estimate of drug-likeness (QED) is 0.814. The van der Waals surface area contributed by atoms with Crippen molar-refractivity contribution < 1.29 is 5.11 Å². The molecule has 0 saturated heterocycles. The van der Waals surface area contributed by atoms with Crippen LogP contribution in [-0.2, 0) is 6.54 Å². The smallest absolute Gasteiger partial charge is 0.115 e. The Hall–Kier alpha value is -0.730. The predicted molar refractivity (Wildman–Crippen MR) is 71.5 cm³/mol. The van der Waals surface area contributed by atoms with E-state index in [0.717, 1.165) is 13.1 Å². The lowest BCUT2D eigenvalue weighted by Gasteiger charge is -2.28. The van der Waals surface area contributed by atoms with Gasteiger partial charge in [-0.15, -0.1) is 11.6 Å². The van der Waals surface area contributed by atoms with Crippen molar-refractivity contribution in [3.63, 3.8) is 0 Å². The summed E-state index contributed by atoms with van der Waals surface area (Å²) in [6.07, 6.45) is 5.29. The highest BCUT2D eigenvalue weighted by Crippen LogP contribution is 2.25. The summed E-state index contributed by atoms with van der Waals surface area (Å²) < 4.78 is 0. The van der Waals surface area contributed by atoms with Crippen molar-refractivity contribution in [1.82, 2.24) is 4.90 Å². The van der Waals surface area contributed by atoms with E-state index in [-0.39, 0.29) is 0 Å². The summed E-state index contributed by atoms with van der Waals surface area (Å²) in [5, 5.41) is 9.27. The monoisotopic (exact) mass is 253 g/mol. The number of phenolic OH excluding ortho intramolecular Hbond substituents is 1. The zero-order chi connectivity index (χ0) is 12.1. The summed E-state index contributed by atoms with van der Waals surface area (Å²) in [7, 11) is 0. The van der Waals surface area contributed by atoms with Gasteiger partial charge in [-0.2, -0.15) is 0 Å². The molecule has 1 aromatic carbocycles. The summed E-state index contributed by atoms with van der Waals surface area (Å²) >= 11 is 5.88. The third-order valence-corrected chi connectivity index (χ3v) is 3.70. The molecule has 1 saturated carbocycles. The van der Waals surface area contributed by atoms with Gasteiger partial charge >= 0.3 is 0 Å². The van der Waals surface area contributed by atoms with E-state index >= 15 is 0 Å². The fourth-order valence-electron chi connectivity index (χ4n) is 2.60. The van der Waals surface area contributed by atoms with E-state index < -0.39 is 0 Å². The number of benzene rings is 1. The van der Waals surface area contributed by atoms with Crippen molar-refractivity contribution in [2.45, 2.75) is 38.3 Å². The molecule has 1 aliphatic carbocycles. The molecule has 2 nitrogen and oxygen atoms in total. The highest BCUT2D eigenvalue weighted by atomic mass is 35.5. The van der Waals surface area contributed by atoms with Gasteiger partial charge in [-0.3, -0.25) is 4.90 Å². The van der Waals surface area contributed by atoms with Gasteiger partial charge in [0.2, 0.25) is 0 Å². The van der Waals surface area contributed by atoms with Gasteiger partial charge < -0.3 is 5.11 Å². The van der Waals surface area contributed by atoms with Crippen LogP contribution in [-0.4, -0.2) is 28.5 Å². The van der Waals surface area contributed by atoms with Crippen LogP contribution in [0.5, 0.6) is 5.75 Å². The zero-order valence-electron chi connectivity index (χ0n) is 10.1. The molecule has 94 valence electrons. The lowest BCUT2D eigenvalue weighted by atomic mass is 10.1. The maximum Gasteiger partial charge on any atom is 0.115 e. The third kappa shape index (κ3) is 3.62. The fraction of sp³-hybridized carbons (Fsp3) is 0.571. The van der Waals surface area contributed by atoms with Crippen LogP contribution < -0.4 is 0 Å². The average molecular weight is 254 g/mol. The van der Waals surface area contributed by atoms with Crippen molar-refractivity contribution in [3.05, 3.63) is 29.8 Å². The van der Waals surface area contributed by atoms with E-state index in [1.165, 1.54) is 31.2 Å². The average Bonchev–Trinajstić information content (AvgIpc) is 2.85. The van der Waals surface area contributed by atoms with Crippen LogP contribution >= 0.6 is 11.6 Å². The molecule has 0 atom stereocenters. The van der Waals surface area contributed by atoms with E-state index in [1.807, 2.05) is 12.1 Å². The first-order valence-electron chi connectivity index (χ1n) is 6.37. The van der Waals surface area contributed by atoms with Crippen molar-refractivity contribution in [2.75, 3.05) is 12.4 Å². The molecule has 1 aromatic rings. The number of aromatic hydroxyl groups is 1. The molecule has 0 unspecified atom stereocenters. The van der Waals surface area contributed by atoms with Crippen molar-refractivity contribution in [2.24, 2.45) is 0 Å². The number of rotatable bonds is 5. The highest BCUT2D eigenvalue weighted by molar-refractivity contribution is 6.18. The van der Waals surface area contributed by atoms with Gasteiger partial charge in [-0.05, 0) is 30.5 Å². The second-order valence-corrected chi connectivity index (χ2v) is 5.14. The number of hydrogen-bond acceptors (Lipinski definition) is 2. The molecule has 0 aliphatic heterocycles. The lowest BCUT2D eigenvalue weighted by molar-refractivity contribution is 0.201. The topological polar surface area (TPSA) is 23.5 Å². The molecule has 3 heteroatoms. The molecule has 0 bridgehead atoms. The van der Waals surface area contributed by atoms with E-state index in [2.05, 4.69) is 4.90 Å². The lowest BCUT2D eigenvalue weighted by Crippen LogP contribution is -2.34. The van der Waals surface area contributed by atoms with E-state index in [1.54, 1.807) is 12.1 Å². The second kappa shape index (κ2) is 6.27. The minimum atomic E-state index is 0.332. The molecular weight excluding hydrogens is 234 g/mol. The Morgan fingerprint density at radius 2 is 1.82 bits per heavy atom. The van der Waals surface area contributed by atoms with Crippen LogP contribution in [0.15, 0.2) is 24.3 Å². The van der Waals surface area contributed by atoms with Crippen molar-refractivity contribution >= 4 is 11.6 Å². The standard InChI is InChI=1S/C14H20ClNO/c15-9-10-16(13-3-1-2-4-13)11-12-5-7-14(17)8-6-12/h5-8,13,17H,1-4,9-11H2. The van der Waals surface area contributed by atoms with Gasteiger partial charge in [-0.25, -0.2) is 0 Å². The van der Waals surface area contributed by atoms with Gasteiger partial charge in [0, 0.05) is 25.0 Å². The Bertz CT molecular complexity index is 333. The van der Waals surface area contributed by atoms with Gasteiger partial charge in [-0.1, -0.05) is 25.0 Å². The summed E-state index contributed by atoms with van der Waals surface area (Å²) in [6, 6.07) is 8.19. The molecule has 0 spiro atoms. The van der Waals surface area contributed by atoms with Crippen LogP contribution in [0.2, 0.25) is 0 Å². The van der Waals surface area contributed by atoms with Gasteiger partial charge in [0.05, 0.1) is 0 Å². The van der Waals surface area contributed by atoms with Crippen LogP contribution in [0, 0.1) is 0 Å². The minimum absolute atomic E-state index is 0.332. The molecule has 17 heavy (non-hydrogen) atoms. The maximum atomic E-state index is 9.27. The number of phenols is 1. The number of nitrogens with zero attached hydrogens (tertiary/aromatic N) is 1. The number of hydrogen-bond donors (Lipinski definition) is 1. The normalized spacial score (nSPS) is 16.8. The van der Waals surface area contributed by atoms with Crippen LogP contribution in [0.1, 0.15) is 31.2 Å². The first kappa shape index (κ1) is 12.7. The molecular formula is C14H20ClNO. The summed E-state index contributed by atoms with van der Waals surface area (Å²) in [5.74, 6) is 1.02. The van der Waals surface area contributed by atoms with Gasteiger partial charge in [0.1, 0.15) is 5.75 Å². The molecule has 2 rings (SSSR count). The Kier molecular flexibility index (Phi) is 4.69. The first-order chi connectivity index (χ1) is 8.29. The molecule has 0 radical (unpaired) electrons. The van der Waals surface area contributed by atoms with Gasteiger partial charge in [0.25, 0.3) is 0 Å². The Labute approximate surface area is 108 Å². The number of alkyl halides is 1. The molecule has 0 heterocycles. The van der Waals surface area contributed by atoms with Crippen LogP contribution in [0.25, 0.3) is 0 Å². The van der Waals surface area contributed by atoms with E-state index in [9.17, 15) is 5.11 Å². The Morgan fingerprint density at radius 1 is 1.18 bits per heavy atom. The third-order valence-electron chi connectivity index (χ3n) is 3.53. The molecule has 1 fully saturated rings. The highest BCUT2D eigenvalue weighted by Gasteiger charge is 2.21. The Balaban J connectivity index is 1.98. The summed E-state index contributed by atoms with van der Waals surface area (Å²) in [4.78, 5) is 2.48. The minimum Gasteiger partial charge on any atom is -0.508 e. The molecule has 0 amide bonds. The predicted octanol–water partition coefficient (Wildman–Crippen LogP) is 3.38. The summed E-state index contributed by atoms with van der Waals surface area (Å²) in [5.41, 5.74) is 1.25. The first-order valence-corrected chi connectivity index (χ1v) is 6.91. The van der Waals surface area contributed by atoms with E-state index in [0.29, 0.717) is 17.7 Å². The second-order valence-electron chi connectivity index (χ2n) is 4.76. The molecule has 1 aliphatic rings. The SMILES string of the molecule is Oc1ccc(CN(CCCl)C2CCCC2)cc1. The fourth-order valence-corrected chi connectivity index (χ4v) is 2.82. The largest absolute Gasteiger partial charge is 0.508 e. The Morgan fingerprint density at radius 3 is 2.41 bits per heavy atom. The zero-order valence-corrected chi connectivity index (χ0v) is 10.9. The van der Waals surface area contributed by atoms with Crippen molar-refractivity contribution in [3.8, 4) is 5.75 Å². The maximum absolute atomic E-state index is 9.27. The molecule has 1 N–H and O–H groups in total.